The zero-order chi connectivity index (χ0) is 23.1. The first-order valence-electron chi connectivity index (χ1n) is 9.94. The highest BCUT2D eigenvalue weighted by atomic mass is 32.2. The van der Waals surface area contributed by atoms with Crippen molar-refractivity contribution in [2.45, 2.75) is 12.1 Å². The molecule has 2 N–H and O–H groups in total. The van der Waals surface area contributed by atoms with Gasteiger partial charge in [0.25, 0.3) is 5.91 Å². The van der Waals surface area contributed by atoms with Crippen molar-refractivity contribution in [3.8, 4) is 0 Å². The summed E-state index contributed by atoms with van der Waals surface area (Å²) in [5.41, 5.74) is 2.80. The second-order valence-corrected chi connectivity index (χ2v) is 8.25. The van der Waals surface area contributed by atoms with Crippen LogP contribution in [-0.4, -0.2) is 51.5 Å². The minimum Gasteiger partial charge on any atom is -0.332 e. The van der Waals surface area contributed by atoms with E-state index in [2.05, 4.69) is 15.6 Å². The number of hydrogen-bond acceptors (Lipinski definition) is 5. The van der Waals surface area contributed by atoms with Crippen LogP contribution < -0.4 is 10.6 Å². The second kappa shape index (κ2) is 10.6. The number of anilines is 2. The van der Waals surface area contributed by atoms with Gasteiger partial charge in [-0.05, 0) is 43.3 Å². The molecule has 1 aromatic heterocycles. The number of aromatic nitrogens is 2. The molecule has 32 heavy (non-hydrogen) atoms. The highest BCUT2D eigenvalue weighted by Crippen LogP contribution is 2.16. The first-order chi connectivity index (χ1) is 15.3. The van der Waals surface area contributed by atoms with E-state index >= 15 is 0 Å². The highest BCUT2D eigenvalue weighted by Gasteiger charge is 2.15. The van der Waals surface area contributed by atoms with Gasteiger partial charge in [-0.25, -0.2) is 4.98 Å². The maximum atomic E-state index is 12.6. The summed E-state index contributed by atoms with van der Waals surface area (Å²) in [6.07, 6.45) is 3.50. The lowest BCUT2D eigenvalue weighted by atomic mass is 10.2. The Labute approximate surface area is 191 Å². The van der Waals surface area contributed by atoms with Crippen molar-refractivity contribution in [1.82, 2.24) is 14.5 Å². The summed E-state index contributed by atoms with van der Waals surface area (Å²) >= 11 is 1.34. The Morgan fingerprint density at radius 3 is 2.16 bits per heavy atom. The Morgan fingerprint density at radius 1 is 0.969 bits per heavy atom. The predicted molar refractivity (Wildman–Crippen MR) is 126 cm³/mol. The third kappa shape index (κ3) is 6.45. The number of imidazole rings is 1. The number of hydrogen-bond donors (Lipinski definition) is 2. The number of thioether (sulfide) groups is 1. The summed E-state index contributed by atoms with van der Waals surface area (Å²) in [4.78, 5) is 42.5. The van der Waals surface area contributed by atoms with Gasteiger partial charge in [0.2, 0.25) is 11.8 Å². The van der Waals surface area contributed by atoms with Gasteiger partial charge in [0.05, 0.1) is 12.3 Å². The van der Waals surface area contributed by atoms with Gasteiger partial charge < -0.3 is 20.1 Å². The minimum atomic E-state index is -0.285. The number of nitrogens with one attached hydrogen (secondary N) is 2. The Hall–Kier alpha value is -3.59. The first-order valence-corrected chi connectivity index (χ1v) is 10.9. The molecule has 166 valence electrons. The maximum absolute atomic E-state index is 12.6. The number of nitrogens with zero attached hydrogens (tertiary/aromatic N) is 3. The summed E-state index contributed by atoms with van der Waals surface area (Å²) in [5, 5.41) is 6.33. The molecule has 0 radical (unpaired) electrons. The monoisotopic (exact) mass is 451 g/mol. The van der Waals surface area contributed by atoms with Crippen molar-refractivity contribution in [3.63, 3.8) is 0 Å². The molecule has 0 aliphatic rings. The van der Waals surface area contributed by atoms with E-state index in [9.17, 15) is 14.4 Å². The van der Waals surface area contributed by atoms with E-state index in [4.69, 9.17) is 0 Å². The normalized spacial score (nSPS) is 10.5. The largest absolute Gasteiger partial charge is 0.332 e. The minimum absolute atomic E-state index is 0.0738. The second-order valence-electron chi connectivity index (χ2n) is 7.31. The van der Waals surface area contributed by atoms with Crippen LogP contribution in [-0.2, 0) is 16.6 Å². The van der Waals surface area contributed by atoms with E-state index in [1.807, 2.05) is 49.0 Å². The van der Waals surface area contributed by atoms with Crippen molar-refractivity contribution in [3.05, 3.63) is 72.1 Å². The van der Waals surface area contributed by atoms with Gasteiger partial charge in [-0.2, -0.15) is 0 Å². The van der Waals surface area contributed by atoms with E-state index in [1.165, 1.54) is 16.7 Å². The molecule has 1 heterocycles. The van der Waals surface area contributed by atoms with Crippen LogP contribution in [0.15, 0.2) is 66.1 Å². The molecule has 0 saturated carbocycles. The summed E-state index contributed by atoms with van der Waals surface area (Å²) < 4.78 is 1.84. The standard InChI is InChI=1S/C23H25N5O3S/c1-16-4-8-18(9-5-16)25-20(29)14-28(3)22(31)17-6-10-19(11-7-17)26-21(30)15-32-23-24-12-13-27(23)2/h4-13H,14-15H2,1-3H3,(H,25,29)(H,26,30). The molecule has 0 atom stereocenters. The molecule has 0 aliphatic carbocycles. The quantitative estimate of drug-likeness (QED) is 0.513. The van der Waals surface area contributed by atoms with Crippen LogP contribution in [0.25, 0.3) is 0 Å². The number of carbonyl (C=O) groups excluding carboxylic acids is 3. The van der Waals surface area contributed by atoms with Crippen LogP contribution in [0.4, 0.5) is 11.4 Å². The molecule has 2 aromatic carbocycles. The van der Waals surface area contributed by atoms with Crippen LogP contribution in [0.3, 0.4) is 0 Å². The van der Waals surface area contributed by atoms with E-state index in [1.54, 1.807) is 37.5 Å². The van der Waals surface area contributed by atoms with Crippen molar-refractivity contribution in [2.24, 2.45) is 7.05 Å². The molecule has 0 unspecified atom stereocenters. The molecule has 8 nitrogen and oxygen atoms in total. The third-order valence-electron chi connectivity index (χ3n) is 4.59. The van der Waals surface area contributed by atoms with Crippen LogP contribution in [0.2, 0.25) is 0 Å². The number of amides is 3. The maximum Gasteiger partial charge on any atom is 0.254 e. The summed E-state index contributed by atoms with van der Waals surface area (Å²) in [7, 11) is 3.44. The van der Waals surface area contributed by atoms with E-state index in [-0.39, 0.29) is 30.0 Å². The number of benzene rings is 2. The Bertz CT molecular complexity index is 1090. The van der Waals surface area contributed by atoms with Crippen LogP contribution >= 0.6 is 11.8 Å². The molecule has 0 bridgehead atoms. The lowest BCUT2D eigenvalue weighted by molar-refractivity contribution is -0.116. The number of likely N-dealkylation sites (N-methyl/N-ethyl adjacent to an activating group) is 1. The zero-order valence-electron chi connectivity index (χ0n) is 18.2. The summed E-state index contributed by atoms with van der Waals surface area (Å²) in [6.45, 7) is 1.89. The van der Waals surface area contributed by atoms with Crippen molar-refractivity contribution in [1.29, 1.82) is 0 Å². The van der Waals surface area contributed by atoms with Gasteiger partial charge in [0, 0.05) is 43.4 Å². The predicted octanol–water partition coefficient (Wildman–Crippen LogP) is 3.17. The van der Waals surface area contributed by atoms with E-state index < -0.39 is 0 Å². The van der Waals surface area contributed by atoms with Crippen molar-refractivity contribution < 1.29 is 14.4 Å². The number of carbonyl (C=O) groups is 3. The molecule has 0 fully saturated rings. The molecule has 0 saturated heterocycles. The van der Waals surface area contributed by atoms with Gasteiger partial charge in [-0.15, -0.1) is 0 Å². The smallest absolute Gasteiger partial charge is 0.254 e. The van der Waals surface area contributed by atoms with Gasteiger partial charge in [-0.3, -0.25) is 14.4 Å². The number of aryl methyl sites for hydroxylation is 2. The molecule has 9 heteroatoms. The van der Waals surface area contributed by atoms with E-state index in [0.29, 0.717) is 16.9 Å². The Balaban J connectivity index is 1.48. The lowest BCUT2D eigenvalue weighted by Gasteiger charge is -2.17. The molecule has 3 amide bonds. The molecular weight excluding hydrogens is 426 g/mol. The van der Waals surface area contributed by atoms with Gasteiger partial charge in [-0.1, -0.05) is 29.5 Å². The van der Waals surface area contributed by atoms with Gasteiger partial charge >= 0.3 is 0 Å². The fourth-order valence-corrected chi connectivity index (χ4v) is 3.59. The lowest BCUT2D eigenvalue weighted by Crippen LogP contribution is -2.34. The Kier molecular flexibility index (Phi) is 7.67. The topological polar surface area (TPSA) is 96.3 Å². The SMILES string of the molecule is Cc1ccc(NC(=O)CN(C)C(=O)c2ccc(NC(=O)CSc3nccn3C)cc2)cc1. The van der Waals surface area contributed by atoms with Gasteiger partial charge in [0.1, 0.15) is 0 Å². The Morgan fingerprint density at radius 2 is 1.56 bits per heavy atom. The fourth-order valence-electron chi connectivity index (χ4n) is 2.86. The summed E-state index contributed by atoms with van der Waals surface area (Å²) in [5.74, 6) is -0.502. The average Bonchev–Trinajstić information content (AvgIpc) is 3.18. The fraction of sp³-hybridized carbons (Fsp3) is 0.217. The summed E-state index contributed by atoms with van der Waals surface area (Å²) in [6, 6.07) is 14.0. The zero-order valence-corrected chi connectivity index (χ0v) is 19.0. The van der Waals surface area contributed by atoms with Gasteiger partial charge in [0.15, 0.2) is 5.16 Å². The highest BCUT2D eigenvalue weighted by molar-refractivity contribution is 7.99. The average molecular weight is 452 g/mol. The van der Waals surface area contributed by atoms with Crippen molar-refractivity contribution in [2.75, 3.05) is 30.0 Å². The molecule has 0 spiro atoms. The van der Waals surface area contributed by atoms with Crippen LogP contribution in [0.1, 0.15) is 15.9 Å². The number of rotatable bonds is 8. The molecular formula is C23H25N5O3S. The molecule has 3 rings (SSSR count). The van der Waals surface area contributed by atoms with E-state index in [0.717, 1.165) is 10.7 Å². The van der Waals surface area contributed by atoms with Crippen LogP contribution in [0, 0.1) is 6.92 Å². The molecule has 0 aliphatic heterocycles. The third-order valence-corrected chi connectivity index (χ3v) is 5.65. The molecule has 3 aromatic rings. The first kappa shape index (κ1) is 23.1. The van der Waals surface area contributed by atoms with Crippen molar-refractivity contribution >= 4 is 40.9 Å². The van der Waals surface area contributed by atoms with Crippen LogP contribution in [0.5, 0.6) is 0 Å².